The molecule has 0 aromatic heterocycles. The van der Waals surface area contributed by atoms with Crippen LogP contribution in [0.15, 0.2) is 46.6 Å². The van der Waals surface area contributed by atoms with Crippen LogP contribution in [0.25, 0.3) is 0 Å². The maximum absolute atomic E-state index is 11.6. The van der Waals surface area contributed by atoms with Gasteiger partial charge in [-0.05, 0) is 12.1 Å². The Labute approximate surface area is 155 Å². The third-order valence-corrected chi connectivity index (χ3v) is 3.18. The summed E-state index contributed by atoms with van der Waals surface area (Å²) < 4.78 is 0. The van der Waals surface area contributed by atoms with E-state index in [1.165, 1.54) is 0 Å². The van der Waals surface area contributed by atoms with Crippen molar-refractivity contribution in [2.24, 2.45) is 10.2 Å². The second-order valence-electron chi connectivity index (χ2n) is 5.07. The standard InChI is InChI=1S/C15H12N6O7/c22-13-3-1-11(20(25)26)5-9(13)7-16-18-15(24)19-17-8-10-6-12(21(27)28)2-4-14(10)23/h1-8,22-23H,(H2,18,19,24)/b16-7-,17-8-. The van der Waals surface area contributed by atoms with Crippen LogP contribution in [-0.4, -0.2) is 38.5 Å². The number of phenolic OH excluding ortho intramolecular Hbond substituents is 2. The van der Waals surface area contributed by atoms with E-state index in [1.54, 1.807) is 0 Å². The monoisotopic (exact) mass is 388 g/mol. The van der Waals surface area contributed by atoms with Gasteiger partial charge in [0.05, 0.1) is 22.3 Å². The van der Waals surface area contributed by atoms with E-state index >= 15 is 0 Å². The van der Waals surface area contributed by atoms with Gasteiger partial charge in [0.1, 0.15) is 11.5 Å². The van der Waals surface area contributed by atoms with Crippen LogP contribution < -0.4 is 10.9 Å². The van der Waals surface area contributed by atoms with Crippen molar-refractivity contribution in [3.8, 4) is 11.5 Å². The quantitative estimate of drug-likeness (QED) is 0.327. The van der Waals surface area contributed by atoms with Gasteiger partial charge < -0.3 is 10.2 Å². The summed E-state index contributed by atoms with van der Waals surface area (Å²) in [6.45, 7) is 0. The van der Waals surface area contributed by atoms with E-state index in [0.717, 1.165) is 48.8 Å². The Bertz CT molecular complexity index is 911. The van der Waals surface area contributed by atoms with Crippen LogP contribution >= 0.6 is 0 Å². The third-order valence-electron chi connectivity index (χ3n) is 3.18. The number of non-ortho nitro benzene ring substituents is 2. The van der Waals surface area contributed by atoms with E-state index in [1.807, 2.05) is 10.9 Å². The summed E-state index contributed by atoms with van der Waals surface area (Å²) in [4.78, 5) is 31.6. The number of nitro benzene ring substituents is 2. The molecule has 0 atom stereocenters. The predicted octanol–water partition coefficient (Wildman–Crippen LogP) is 1.58. The Hall–Kier alpha value is -4.55. The van der Waals surface area contributed by atoms with Crippen molar-refractivity contribution in [2.45, 2.75) is 0 Å². The fourth-order valence-corrected chi connectivity index (χ4v) is 1.86. The van der Waals surface area contributed by atoms with Crippen molar-refractivity contribution in [2.75, 3.05) is 0 Å². The third kappa shape index (κ3) is 5.22. The smallest absolute Gasteiger partial charge is 0.355 e. The first-order valence-corrected chi connectivity index (χ1v) is 7.35. The summed E-state index contributed by atoms with van der Waals surface area (Å²) in [5.74, 6) is -0.563. The molecule has 13 heteroatoms. The number of carbonyl (C=O) groups is 1. The lowest BCUT2D eigenvalue weighted by Crippen LogP contribution is -2.28. The molecule has 13 nitrogen and oxygen atoms in total. The van der Waals surface area contributed by atoms with E-state index in [-0.39, 0.29) is 34.0 Å². The molecule has 0 aliphatic heterocycles. The Morgan fingerprint density at radius 2 is 1.25 bits per heavy atom. The summed E-state index contributed by atoms with van der Waals surface area (Å²) >= 11 is 0. The van der Waals surface area contributed by atoms with Gasteiger partial charge in [0.25, 0.3) is 11.4 Å². The summed E-state index contributed by atoms with van der Waals surface area (Å²) in [6, 6.07) is 5.62. The number of hydrogen-bond acceptors (Lipinski definition) is 9. The first-order valence-electron chi connectivity index (χ1n) is 7.35. The minimum absolute atomic E-state index is 0.000446. The van der Waals surface area contributed by atoms with E-state index in [4.69, 9.17) is 0 Å². The molecule has 0 saturated heterocycles. The first kappa shape index (κ1) is 19.8. The molecule has 0 radical (unpaired) electrons. The van der Waals surface area contributed by atoms with Crippen LogP contribution in [-0.2, 0) is 0 Å². The van der Waals surface area contributed by atoms with Gasteiger partial charge in [-0.15, -0.1) is 0 Å². The predicted molar refractivity (Wildman–Crippen MR) is 96.4 cm³/mol. The zero-order valence-electron chi connectivity index (χ0n) is 13.8. The van der Waals surface area contributed by atoms with E-state index in [2.05, 4.69) is 10.2 Å². The van der Waals surface area contributed by atoms with Crippen molar-refractivity contribution >= 4 is 29.8 Å². The molecule has 2 aromatic carbocycles. The summed E-state index contributed by atoms with van der Waals surface area (Å²) in [5, 5.41) is 47.6. The van der Waals surface area contributed by atoms with Crippen molar-refractivity contribution in [3.63, 3.8) is 0 Å². The molecule has 0 unspecified atom stereocenters. The lowest BCUT2D eigenvalue weighted by molar-refractivity contribution is -0.385. The van der Waals surface area contributed by atoms with Crippen molar-refractivity contribution in [3.05, 3.63) is 67.8 Å². The molecule has 0 fully saturated rings. The van der Waals surface area contributed by atoms with Gasteiger partial charge in [0, 0.05) is 35.4 Å². The molecular formula is C15H12N6O7. The molecule has 0 aliphatic rings. The Balaban J connectivity index is 1.96. The fourth-order valence-electron chi connectivity index (χ4n) is 1.86. The maximum atomic E-state index is 11.6. The number of nitro groups is 2. The molecular weight excluding hydrogens is 376 g/mol. The highest BCUT2D eigenvalue weighted by Gasteiger charge is 2.10. The summed E-state index contributed by atoms with van der Waals surface area (Å²) in [7, 11) is 0. The number of nitrogens with zero attached hydrogens (tertiary/aromatic N) is 4. The van der Waals surface area contributed by atoms with Gasteiger partial charge in [-0.3, -0.25) is 20.2 Å². The zero-order valence-corrected chi connectivity index (χ0v) is 13.8. The van der Waals surface area contributed by atoms with Gasteiger partial charge >= 0.3 is 6.03 Å². The average molecular weight is 388 g/mol. The molecule has 28 heavy (non-hydrogen) atoms. The molecule has 2 aromatic rings. The average Bonchev–Trinajstić information content (AvgIpc) is 2.64. The van der Waals surface area contributed by atoms with E-state index in [9.17, 15) is 35.2 Å². The lowest BCUT2D eigenvalue weighted by atomic mass is 10.2. The van der Waals surface area contributed by atoms with Gasteiger partial charge in [0.15, 0.2) is 0 Å². The number of aromatic hydroxyl groups is 2. The van der Waals surface area contributed by atoms with Gasteiger partial charge in [-0.1, -0.05) is 0 Å². The van der Waals surface area contributed by atoms with Gasteiger partial charge in [-0.2, -0.15) is 10.2 Å². The fraction of sp³-hybridized carbons (Fsp3) is 0. The number of urea groups is 1. The van der Waals surface area contributed by atoms with Crippen LogP contribution in [0.5, 0.6) is 11.5 Å². The van der Waals surface area contributed by atoms with Crippen LogP contribution in [0, 0.1) is 20.2 Å². The molecule has 0 spiro atoms. The van der Waals surface area contributed by atoms with E-state index in [0.29, 0.717) is 0 Å². The minimum atomic E-state index is -0.914. The number of hydrogen-bond donors (Lipinski definition) is 4. The second kappa shape index (κ2) is 8.70. The van der Waals surface area contributed by atoms with Gasteiger partial charge in [0.2, 0.25) is 0 Å². The molecule has 2 amide bonds. The summed E-state index contributed by atoms with van der Waals surface area (Å²) in [6.07, 6.45) is 1.97. The van der Waals surface area contributed by atoms with Crippen LogP contribution in [0.4, 0.5) is 16.2 Å². The number of amides is 2. The molecule has 0 aliphatic carbocycles. The number of nitrogens with one attached hydrogen (secondary N) is 2. The molecule has 0 bridgehead atoms. The van der Waals surface area contributed by atoms with E-state index < -0.39 is 15.9 Å². The highest BCUT2D eigenvalue weighted by molar-refractivity contribution is 5.87. The van der Waals surface area contributed by atoms with Crippen LogP contribution in [0.3, 0.4) is 0 Å². The number of benzene rings is 2. The minimum Gasteiger partial charge on any atom is -0.507 e. The van der Waals surface area contributed by atoms with Crippen molar-refractivity contribution in [1.29, 1.82) is 0 Å². The topological polar surface area (TPSA) is 193 Å². The highest BCUT2D eigenvalue weighted by atomic mass is 16.6. The zero-order chi connectivity index (χ0) is 20.7. The number of rotatable bonds is 6. The van der Waals surface area contributed by atoms with Gasteiger partial charge in [-0.25, -0.2) is 15.6 Å². The number of phenols is 2. The number of carbonyl (C=O) groups excluding carboxylic acids is 1. The Kier molecular flexibility index (Phi) is 6.15. The molecule has 0 saturated carbocycles. The Morgan fingerprint density at radius 1 is 0.857 bits per heavy atom. The van der Waals surface area contributed by atoms with Crippen LogP contribution in [0.1, 0.15) is 11.1 Å². The number of hydrazone groups is 2. The molecule has 0 heterocycles. The maximum Gasteiger partial charge on any atom is 0.355 e. The first-order chi connectivity index (χ1) is 13.3. The highest BCUT2D eigenvalue weighted by Crippen LogP contribution is 2.22. The Morgan fingerprint density at radius 3 is 1.61 bits per heavy atom. The second-order valence-corrected chi connectivity index (χ2v) is 5.07. The molecule has 4 N–H and O–H groups in total. The molecule has 2 rings (SSSR count). The largest absolute Gasteiger partial charge is 0.507 e. The normalized spacial score (nSPS) is 10.9. The SMILES string of the molecule is O=C(N/N=C\c1cc([N+](=O)[O-])ccc1O)N/N=C\c1cc([N+](=O)[O-])ccc1O. The van der Waals surface area contributed by atoms with Crippen molar-refractivity contribution in [1.82, 2.24) is 10.9 Å². The molecule has 144 valence electrons. The lowest BCUT2D eigenvalue weighted by Gasteiger charge is -2.01. The summed E-state index contributed by atoms with van der Waals surface area (Å²) in [5.41, 5.74) is 3.44. The van der Waals surface area contributed by atoms with Crippen LogP contribution in [0.2, 0.25) is 0 Å². The van der Waals surface area contributed by atoms with Crippen molar-refractivity contribution < 1.29 is 24.9 Å².